The Balaban J connectivity index is 1.51. The molecule has 6 nitrogen and oxygen atoms in total. The average Bonchev–Trinajstić information content (AvgIpc) is 3.11. The van der Waals surface area contributed by atoms with Gasteiger partial charge in [0.15, 0.2) is 11.4 Å². The van der Waals surface area contributed by atoms with Gasteiger partial charge in [-0.2, -0.15) is 0 Å². The highest BCUT2D eigenvalue weighted by Gasteiger charge is 2.48. The highest BCUT2D eigenvalue weighted by molar-refractivity contribution is 5.70. The minimum absolute atomic E-state index is 0.239. The van der Waals surface area contributed by atoms with Crippen molar-refractivity contribution in [3.05, 3.63) is 42.5 Å². The molecule has 3 heterocycles. The second kappa shape index (κ2) is 5.22. The number of hydrogen-bond donors (Lipinski definition) is 0. The van der Waals surface area contributed by atoms with E-state index in [2.05, 4.69) is 15.1 Å². The Morgan fingerprint density at radius 3 is 2.57 bits per heavy atom. The van der Waals surface area contributed by atoms with E-state index in [-0.39, 0.29) is 6.09 Å². The minimum atomic E-state index is -0.397. The van der Waals surface area contributed by atoms with Crippen LogP contribution in [-0.2, 0) is 4.74 Å². The predicted octanol–water partition coefficient (Wildman–Crippen LogP) is 2.17. The van der Waals surface area contributed by atoms with Gasteiger partial charge in [0.05, 0.1) is 18.8 Å². The fraction of sp³-hybridized carbons (Fsp3) is 0.353. The van der Waals surface area contributed by atoms with Gasteiger partial charge in [-0.1, -0.05) is 30.3 Å². The molecule has 2 aliphatic rings. The summed E-state index contributed by atoms with van der Waals surface area (Å²) in [5.74, 6) is 0.826. The maximum absolute atomic E-state index is 11.6. The molecule has 1 amide bonds. The number of nitrogens with zero attached hydrogens (tertiary/aromatic N) is 4. The van der Waals surface area contributed by atoms with Crippen LogP contribution < -0.4 is 4.90 Å². The van der Waals surface area contributed by atoms with Gasteiger partial charge >= 0.3 is 6.09 Å². The van der Waals surface area contributed by atoms with Crippen molar-refractivity contribution in [2.24, 2.45) is 0 Å². The molecule has 2 fully saturated rings. The summed E-state index contributed by atoms with van der Waals surface area (Å²) < 4.78 is 5.56. The monoisotopic (exact) mass is 310 g/mol. The van der Waals surface area contributed by atoms with Crippen LogP contribution in [0.25, 0.3) is 11.3 Å². The standard InChI is InChI=1S/C17H18N4O2/c1-20-11-17(23-16(20)22)9-10-21(12-17)15-8-7-14(18-19-15)13-5-3-2-4-6-13/h2-8H,9-12H2,1H3. The summed E-state index contributed by atoms with van der Waals surface area (Å²) in [6.45, 7) is 2.13. The number of anilines is 1. The highest BCUT2D eigenvalue weighted by atomic mass is 16.6. The molecule has 1 spiro atoms. The molecule has 1 atom stereocenters. The number of ether oxygens (including phenoxy) is 1. The van der Waals surface area contributed by atoms with Gasteiger partial charge in [0.2, 0.25) is 0 Å². The van der Waals surface area contributed by atoms with Crippen molar-refractivity contribution in [1.82, 2.24) is 15.1 Å². The van der Waals surface area contributed by atoms with Gasteiger partial charge in [0, 0.05) is 25.6 Å². The normalized spacial score (nSPS) is 23.6. The molecule has 0 saturated carbocycles. The summed E-state index contributed by atoms with van der Waals surface area (Å²) in [4.78, 5) is 15.4. The predicted molar refractivity (Wildman–Crippen MR) is 86.1 cm³/mol. The molecule has 118 valence electrons. The number of aromatic nitrogens is 2. The van der Waals surface area contributed by atoms with Crippen molar-refractivity contribution in [2.75, 3.05) is 31.6 Å². The van der Waals surface area contributed by atoms with Gasteiger partial charge in [0.1, 0.15) is 0 Å². The van der Waals surface area contributed by atoms with Gasteiger partial charge in [-0.3, -0.25) is 0 Å². The summed E-state index contributed by atoms with van der Waals surface area (Å²) in [6, 6.07) is 13.9. The average molecular weight is 310 g/mol. The quantitative estimate of drug-likeness (QED) is 0.851. The third-order valence-electron chi connectivity index (χ3n) is 4.50. The van der Waals surface area contributed by atoms with Crippen LogP contribution in [0.15, 0.2) is 42.5 Å². The number of benzene rings is 1. The van der Waals surface area contributed by atoms with E-state index in [4.69, 9.17) is 4.74 Å². The molecule has 0 radical (unpaired) electrons. The Hall–Kier alpha value is -2.63. The lowest BCUT2D eigenvalue weighted by Crippen LogP contribution is -2.37. The van der Waals surface area contributed by atoms with E-state index >= 15 is 0 Å². The summed E-state index contributed by atoms with van der Waals surface area (Å²) in [5.41, 5.74) is 1.51. The zero-order valence-electron chi connectivity index (χ0n) is 13.0. The molecule has 2 aliphatic heterocycles. The van der Waals surface area contributed by atoms with Gasteiger partial charge in [-0.25, -0.2) is 4.79 Å². The van der Waals surface area contributed by atoms with E-state index in [1.54, 1.807) is 11.9 Å². The van der Waals surface area contributed by atoms with Gasteiger partial charge < -0.3 is 14.5 Å². The molecule has 1 unspecified atom stereocenters. The van der Waals surface area contributed by atoms with Crippen molar-refractivity contribution in [1.29, 1.82) is 0 Å². The Labute approximate surface area is 134 Å². The van der Waals surface area contributed by atoms with Crippen LogP contribution in [0.4, 0.5) is 10.6 Å². The van der Waals surface area contributed by atoms with E-state index in [0.717, 1.165) is 30.0 Å². The molecule has 0 bridgehead atoms. The van der Waals surface area contributed by atoms with Crippen LogP contribution in [0.5, 0.6) is 0 Å². The first-order valence-corrected chi connectivity index (χ1v) is 7.73. The van der Waals surface area contributed by atoms with Crippen molar-refractivity contribution in [3.8, 4) is 11.3 Å². The zero-order valence-corrected chi connectivity index (χ0v) is 13.0. The molecule has 2 saturated heterocycles. The number of carbonyl (C=O) groups is 1. The van der Waals surface area contributed by atoms with E-state index in [1.165, 1.54) is 0 Å². The molecule has 0 aliphatic carbocycles. The van der Waals surface area contributed by atoms with Crippen LogP contribution in [-0.4, -0.2) is 53.5 Å². The number of carbonyl (C=O) groups excluding carboxylic acids is 1. The molecule has 6 heteroatoms. The topological polar surface area (TPSA) is 58.6 Å². The first-order valence-electron chi connectivity index (χ1n) is 7.73. The van der Waals surface area contributed by atoms with Crippen LogP contribution >= 0.6 is 0 Å². The Morgan fingerprint density at radius 1 is 1.09 bits per heavy atom. The lowest BCUT2D eigenvalue weighted by Gasteiger charge is -2.22. The Kier molecular flexibility index (Phi) is 3.18. The summed E-state index contributed by atoms with van der Waals surface area (Å²) >= 11 is 0. The van der Waals surface area contributed by atoms with Crippen LogP contribution in [0.1, 0.15) is 6.42 Å². The highest BCUT2D eigenvalue weighted by Crippen LogP contribution is 2.33. The molecular formula is C17H18N4O2. The number of likely N-dealkylation sites (N-methyl/N-ethyl adjacent to an activating group) is 1. The smallest absolute Gasteiger partial charge is 0.410 e. The summed E-state index contributed by atoms with van der Waals surface area (Å²) in [5, 5.41) is 8.68. The van der Waals surface area contributed by atoms with Crippen LogP contribution in [0, 0.1) is 0 Å². The van der Waals surface area contributed by atoms with Crippen molar-refractivity contribution < 1.29 is 9.53 Å². The van der Waals surface area contributed by atoms with Crippen LogP contribution in [0.3, 0.4) is 0 Å². The SMILES string of the molecule is CN1CC2(CCN(c3ccc(-c4ccccc4)nn3)C2)OC1=O. The first-order chi connectivity index (χ1) is 11.2. The lowest BCUT2D eigenvalue weighted by molar-refractivity contribution is 0.0741. The lowest BCUT2D eigenvalue weighted by atomic mass is 10.0. The summed E-state index contributed by atoms with van der Waals surface area (Å²) in [6.07, 6.45) is 0.586. The van der Waals surface area contributed by atoms with E-state index in [9.17, 15) is 4.79 Å². The third kappa shape index (κ3) is 2.50. The molecule has 1 aromatic heterocycles. The second-order valence-electron chi connectivity index (χ2n) is 6.22. The Morgan fingerprint density at radius 2 is 1.91 bits per heavy atom. The Bertz CT molecular complexity index is 719. The molecule has 4 rings (SSSR count). The fourth-order valence-corrected chi connectivity index (χ4v) is 3.30. The van der Waals surface area contributed by atoms with Gasteiger partial charge in [0.25, 0.3) is 0 Å². The van der Waals surface area contributed by atoms with Gasteiger partial charge in [-0.15, -0.1) is 10.2 Å². The number of amides is 1. The maximum Gasteiger partial charge on any atom is 0.410 e. The van der Waals surface area contributed by atoms with E-state index in [0.29, 0.717) is 13.1 Å². The number of hydrogen-bond acceptors (Lipinski definition) is 5. The molecule has 0 N–H and O–H groups in total. The van der Waals surface area contributed by atoms with E-state index < -0.39 is 5.60 Å². The summed E-state index contributed by atoms with van der Waals surface area (Å²) in [7, 11) is 1.77. The maximum atomic E-state index is 11.6. The van der Waals surface area contributed by atoms with E-state index in [1.807, 2.05) is 42.5 Å². The molecule has 23 heavy (non-hydrogen) atoms. The first kappa shape index (κ1) is 14.0. The largest absolute Gasteiger partial charge is 0.439 e. The molecule has 2 aromatic rings. The van der Waals surface area contributed by atoms with Crippen LogP contribution in [0.2, 0.25) is 0 Å². The number of rotatable bonds is 2. The van der Waals surface area contributed by atoms with Crippen molar-refractivity contribution in [3.63, 3.8) is 0 Å². The second-order valence-corrected chi connectivity index (χ2v) is 6.22. The van der Waals surface area contributed by atoms with Crippen molar-refractivity contribution in [2.45, 2.75) is 12.0 Å². The third-order valence-corrected chi connectivity index (χ3v) is 4.50. The zero-order chi connectivity index (χ0) is 15.9. The minimum Gasteiger partial charge on any atom is -0.439 e. The van der Waals surface area contributed by atoms with Gasteiger partial charge in [-0.05, 0) is 12.1 Å². The molecule has 1 aromatic carbocycles. The molecular weight excluding hydrogens is 292 g/mol. The fourth-order valence-electron chi connectivity index (χ4n) is 3.30. The van der Waals surface area contributed by atoms with Crippen molar-refractivity contribution >= 4 is 11.9 Å².